The second-order valence-corrected chi connectivity index (χ2v) is 9.47. The van der Waals surface area contributed by atoms with Crippen molar-refractivity contribution in [3.8, 4) is 17.8 Å². The smallest absolute Gasteiger partial charge is 0.410 e. The van der Waals surface area contributed by atoms with Crippen molar-refractivity contribution >= 4 is 17.7 Å². The maximum absolute atomic E-state index is 12.5. The van der Waals surface area contributed by atoms with Gasteiger partial charge in [-0.2, -0.15) is 5.26 Å². The molecule has 2 atom stereocenters. The van der Waals surface area contributed by atoms with Crippen LogP contribution in [0.4, 0.5) is 4.79 Å². The molecule has 2 fully saturated rings. The summed E-state index contributed by atoms with van der Waals surface area (Å²) in [5.41, 5.74) is 1.08. The third-order valence-electron chi connectivity index (χ3n) is 6.62. The molecule has 8 nitrogen and oxygen atoms in total. The van der Waals surface area contributed by atoms with Gasteiger partial charge in [-0.25, -0.2) is 14.8 Å². The molecule has 2 aliphatic carbocycles. The van der Waals surface area contributed by atoms with Gasteiger partial charge in [-0.05, 0) is 51.7 Å². The zero-order valence-electron chi connectivity index (χ0n) is 19.7. The fourth-order valence-electron chi connectivity index (χ4n) is 4.16. The molecule has 1 saturated heterocycles. The standard InChI is InChI=1S/C25H29ClN4O4/c1-4-16(2)32-24(31)30-11-8-21(25(14-30)9-10-25)34-23-17(3)22(28-15-29-23)33-20-7-5-6-18(13-27)12-19(20)26/h6-7,12,15-16,21H,4-5,8-11,14H2,1-3H3. The maximum atomic E-state index is 12.5. The van der Waals surface area contributed by atoms with Gasteiger partial charge in [-0.15, -0.1) is 0 Å². The molecule has 4 rings (SSSR count). The zero-order valence-corrected chi connectivity index (χ0v) is 20.5. The first-order valence-corrected chi connectivity index (χ1v) is 12.0. The molecule has 2 heterocycles. The van der Waals surface area contributed by atoms with Crippen LogP contribution < -0.4 is 9.47 Å². The predicted molar refractivity (Wildman–Crippen MR) is 126 cm³/mol. The van der Waals surface area contributed by atoms with Gasteiger partial charge in [0.25, 0.3) is 0 Å². The van der Waals surface area contributed by atoms with Crippen LogP contribution in [0.2, 0.25) is 0 Å². The van der Waals surface area contributed by atoms with E-state index in [1.54, 1.807) is 23.1 Å². The summed E-state index contributed by atoms with van der Waals surface area (Å²) in [6, 6.07) is 2.09. The monoisotopic (exact) mass is 484 g/mol. The third-order valence-corrected chi connectivity index (χ3v) is 6.91. The van der Waals surface area contributed by atoms with Crippen LogP contribution in [0, 0.1) is 23.7 Å². The van der Waals surface area contributed by atoms with E-state index in [1.807, 2.05) is 20.8 Å². The van der Waals surface area contributed by atoms with E-state index in [9.17, 15) is 4.79 Å². The number of halogens is 1. The highest BCUT2D eigenvalue weighted by Crippen LogP contribution is 2.53. The molecule has 0 bridgehead atoms. The molecule has 0 aromatic carbocycles. The van der Waals surface area contributed by atoms with Crippen molar-refractivity contribution in [3.63, 3.8) is 0 Å². The van der Waals surface area contributed by atoms with Gasteiger partial charge in [-0.1, -0.05) is 24.6 Å². The van der Waals surface area contributed by atoms with Crippen molar-refractivity contribution in [1.82, 2.24) is 14.9 Å². The van der Waals surface area contributed by atoms with Gasteiger partial charge in [0, 0.05) is 30.5 Å². The minimum absolute atomic E-state index is 0.0513. The SMILES string of the molecule is CCC(C)OC(=O)N1CCC(Oc2ncnc(OC3=CCC=C(C#N)C=C3Cl)c2C)C2(CC2)C1. The Balaban J connectivity index is 1.44. The Kier molecular flexibility index (Phi) is 7.13. The Labute approximate surface area is 204 Å². The summed E-state index contributed by atoms with van der Waals surface area (Å²) in [6.07, 6.45) is 10.2. The number of piperidine rings is 1. The number of carbonyl (C=O) groups excluding carboxylic acids is 1. The number of hydrogen-bond acceptors (Lipinski definition) is 7. The highest BCUT2D eigenvalue weighted by Gasteiger charge is 2.55. The van der Waals surface area contributed by atoms with Gasteiger partial charge in [-0.3, -0.25) is 0 Å². The van der Waals surface area contributed by atoms with E-state index >= 15 is 0 Å². The van der Waals surface area contributed by atoms with Crippen LogP contribution in [-0.2, 0) is 4.74 Å². The average molecular weight is 485 g/mol. The van der Waals surface area contributed by atoms with Gasteiger partial charge >= 0.3 is 6.09 Å². The quantitative estimate of drug-likeness (QED) is 0.547. The lowest BCUT2D eigenvalue weighted by Crippen LogP contribution is -2.49. The molecule has 2 unspecified atom stereocenters. The summed E-state index contributed by atoms with van der Waals surface area (Å²) in [6.45, 7) is 6.96. The fourth-order valence-corrected chi connectivity index (χ4v) is 4.39. The van der Waals surface area contributed by atoms with E-state index in [4.69, 9.17) is 31.1 Å². The van der Waals surface area contributed by atoms with E-state index in [-0.39, 0.29) is 23.7 Å². The second kappa shape index (κ2) is 10.1. The van der Waals surface area contributed by atoms with Gasteiger partial charge in [0.15, 0.2) is 0 Å². The van der Waals surface area contributed by atoms with E-state index in [2.05, 4.69) is 16.0 Å². The summed E-state index contributed by atoms with van der Waals surface area (Å²) >= 11 is 6.34. The lowest BCUT2D eigenvalue weighted by molar-refractivity contribution is 0.00922. The second-order valence-electron chi connectivity index (χ2n) is 9.06. The number of carbonyl (C=O) groups is 1. The van der Waals surface area contributed by atoms with E-state index in [0.717, 1.165) is 19.3 Å². The molecule has 3 aliphatic rings. The van der Waals surface area contributed by atoms with Crippen molar-refractivity contribution in [3.05, 3.63) is 46.5 Å². The zero-order chi connectivity index (χ0) is 24.3. The van der Waals surface area contributed by atoms with Crippen molar-refractivity contribution in [2.75, 3.05) is 13.1 Å². The number of aromatic nitrogens is 2. The Hall–Kier alpha value is -3.05. The largest absolute Gasteiger partial charge is 0.473 e. The predicted octanol–water partition coefficient (Wildman–Crippen LogP) is 5.19. The third kappa shape index (κ3) is 5.20. The highest BCUT2D eigenvalue weighted by atomic mass is 35.5. The highest BCUT2D eigenvalue weighted by molar-refractivity contribution is 6.32. The average Bonchev–Trinajstić information content (AvgIpc) is 3.62. The van der Waals surface area contributed by atoms with Gasteiger partial charge in [0.2, 0.25) is 11.8 Å². The number of nitriles is 1. The molecule has 1 spiro atoms. The number of hydrogen-bond donors (Lipinski definition) is 0. The first kappa shape index (κ1) is 24.1. The maximum Gasteiger partial charge on any atom is 0.410 e. The van der Waals surface area contributed by atoms with Gasteiger partial charge in [0.1, 0.15) is 24.3 Å². The number of allylic oxidation sites excluding steroid dienone is 5. The van der Waals surface area contributed by atoms with Crippen LogP contribution in [0.1, 0.15) is 51.5 Å². The number of likely N-dealkylation sites (tertiary alicyclic amines) is 1. The molecule has 1 aromatic rings. The van der Waals surface area contributed by atoms with Crippen LogP contribution in [0.25, 0.3) is 0 Å². The lowest BCUT2D eigenvalue weighted by Gasteiger charge is -2.38. The normalized spacial score (nSPS) is 21.9. The van der Waals surface area contributed by atoms with Crippen molar-refractivity contribution < 1.29 is 19.0 Å². The molecule has 1 amide bonds. The summed E-state index contributed by atoms with van der Waals surface area (Å²) in [5, 5.41) is 9.47. The minimum atomic E-state index is -0.247. The van der Waals surface area contributed by atoms with Crippen molar-refractivity contribution in [1.29, 1.82) is 5.26 Å². The number of ether oxygens (including phenoxy) is 3. The fraction of sp³-hybridized carbons (Fsp3) is 0.520. The van der Waals surface area contributed by atoms with Crippen LogP contribution in [0.15, 0.2) is 40.9 Å². The molecular formula is C25H29ClN4O4. The Morgan fingerprint density at radius 3 is 2.82 bits per heavy atom. The first-order valence-electron chi connectivity index (χ1n) is 11.6. The Morgan fingerprint density at radius 1 is 1.35 bits per heavy atom. The van der Waals surface area contributed by atoms with E-state index in [1.165, 1.54) is 6.33 Å². The molecule has 0 radical (unpaired) electrons. The summed E-state index contributed by atoms with van der Waals surface area (Å²) in [5.74, 6) is 1.24. The van der Waals surface area contributed by atoms with E-state index < -0.39 is 0 Å². The first-order chi connectivity index (χ1) is 16.3. The molecular weight excluding hydrogens is 456 g/mol. The van der Waals surface area contributed by atoms with E-state index in [0.29, 0.717) is 59.6 Å². The van der Waals surface area contributed by atoms with Gasteiger partial charge in [0.05, 0.1) is 16.7 Å². The van der Waals surface area contributed by atoms with Crippen LogP contribution in [0.3, 0.4) is 0 Å². The Bertz CT molecular complexity index is 1090. The van der Waals surface area contributed by atoms with Crippen LogP contribution in [0.5, 0.6) is 11.8 Å². The summed E-state index contributed by atoms with van der Waals surface area (Å²) in [7, 11) is 0. The number of nitrogens with zero attached hydrogens (tertiary/aromatic N) is 4. The molecule has 34 heavy (non-hydrogen) atoms. The minimum Gasteiger partial charge on any atom is -0.473 e. The van der Waals surface area contributed by atoms with Crippen LogP contribution >= 0.6 is 11.6 Å². The molecule has 0 N–H and O–H groups in total. The number of amides is 1. The topological polar surface area (TPSA) is 97.6 Å². The molecule has 1 aromatic heterocycles. The van der Waals surface area contributed by atoms with Crippen molar-refractivity contribution in [2.45, 2.75) is 65.1 Å². The summed E-state index contributed by atoms with van der Waals surface area (Å²) in [4.78, 5) is 22.9. The van der Waals surface area contributed by atoms with Crippen LogP contribution in [-0.4, -0.2) is 46.3 Å². The van der Waals surface area contributed by atoms with Gasteiger partial charge < -0.3 is 19.1 Å². The molecule has 180 valence electrons. The molecule has 1 saturated carbocycles. The lowest BCUT2D eigenvalue weighted by atomic mass is 9.91. The molecule has 1 aliphatic heterocycles. The summed E-state index contributed by atoms with van der Waals surface area (Å²) < 4.78 is 17.9. The number of rotatable bonds is 6. The Morgan fingerprint density at radius 2 is 2.12 bits per heavy atom. The molecule has 9 heteroatoms. The van der Waals surface area contributed by atoms with Crippen molar-refractivity contribution in [2.24, 2.45) is 5.41 Å².